The Morgan fingerprint density at radius 1 is 1.12 bits per heavy atom. The van der Waals surface area contributed by atoms with E-state index < -0.39 is 15.1 Å². The lowest BCUT2D eigenvalue weighted by molar-refractivity contribution is -0.139. The highest BCUT2D eigenvalue weighted by atomic mass is 32.2. The van der Waals surface area contributed by atoms with Gasteiger partial charge in [-0.15, -0.1) is 0 Å². The van der Waals surface area contributed by atoms with Gasteiger partial charge in [-0.2, -0.15) is 0 Å². The van der Waals surface area contributed by atoms with Crippen LogP contribution in [-0.2, 0) is 19.4 Å². The van der Waals surface area contributed by atoms with Crippen molar-refractivity contribution >= 4 is 15.8 Å². The maximum atomic E-state index is 13.9. The van der Waals surface area contributed by atoms with E-state index in [1.165, 1.54) is 12.5 Å². The topological polar surface area (TPSA) is 60.4 Å². The highest BCUT2D eigenvalue weighted by Gasteiger charge is 2.39. The smallest absolute Gasteiger partial charge is 0.302 e. The highest BCUT2D eigenvalue weighted by molar-refractivity contribution is 7.92. The van der Waals surface area contributed by atoms with Crippen molar-refractivity contribution in [2.75, 3.05) is 6.61 Å². The van der Waals surface area contributed by atoms with Crippen LogP contribution in [0.5, 0.6) is 0 Å². The molecule has 5 heteroatoms. The molecule has 1 aliphatic carbocycles. The Balaban J connectivity index is 2.41. The van der Waals surface area contributed by atoms with Gasteiger partial charge >= 0.3 is 5.97 Å². The van der Waals surface area contributed by atoms with Crippen LogP contribution in [0.3, 0.4) is 0 Å². The molecule has 0 fully saturated rings. The second-order valence-electron chi connectivity index (χ2n) is 10.1. The van der Waals surface area contributed by atoms with Crippen LogP contribution in [0.4, 0.5) is 0 Å². The van der Waals surface area contributed by atoms with Crippen molar-refractivity contribution in [2.24, 2.45) is 5.41 Å². The summed E-state index contributed by atoms with van der Waals surface area (Å²) in [6.45, 7) is 14.0. The van der Waals surface area contributed by atoms with Gasteiger partial charge in [-0.1, -0.05) is 66.5 Å². The summed E-state index contributed by atoms with van der Waals surface area (Å²) in [5, 5.41) is -0.698. The number of esters is 1. The van der Waals surface area contributed by atoms with Gasteiger partial charge in [0.2, 0.25) is 0 Å². The number of allylic oxidation sites excluding steroid dienone is 5. The predicted octanol–water partition coefficient (Wildman–Crippen LogP) is 7.07. The normalized spacial score (nSPS) is 18.3. The fraction of sp³-hybridized carbons (Fsp3) is 0.483. The maximum absolute atomic E-state index is 13.9. The van der Waals surface area contributed by atoms with Crippen molar-refractivity contribution < 1.29 is 17.9 Å². The Kier molecular flexibility index (Phi) is 9.69. The lowest BCUT2D eigenvalue weighted by Crippen LogP contribution is -2.33. The van der Waals surface area contributed by atoms with E-state index in [-0.39, 0.29) is 18.0 Å². The molecule has 1 aliphatic rings. The Hall–Kier alpha value is -2.40. The first kappa shape index (κ1) is 27.8. The average Bonchev–Trinajstić information content (AvgIpc) is 2.72. The highest BCUT2D eigenvalue weighted by Crippen LogP contribution is 2.45. The van der Waals surface area contributed by atoms with Gasteiger partial charge in [0.25, 0.3) is 0 Å². The fourth-order valence-corrected chi connectivity index (χ4v) is 6.62. The fourth-order valence-electron chi connectivity index (χ4n) is 4.58. The number of carbonyl (C=O) groups excluding carboxylic acids is 1. The molecule has 0 aromatic heterocycles. The Morgan fingerprint density at radius 3 is 2.35 bits per heavy atom. The lowest BCUT2D eigenvalue weighted by atomic mass is 9.71. The van der Waals surface area contributed by atoms with E-state index in [2.05, 4.69) is 20.8 Å². The van der Waals surface area contributed by atoms with Crippen molar-refractivity contribution in [3.8, 4) is 0 Å². The van der Waals surface area contributed by atoms with Crippen LogP contribution in [-0.4, -0.2) is 26.2 Å². The third-order valence-corrected chi connectivity index (χ3v) is 8.43. The van der Waals surface area contributed by atoms with Gasteiger partial charge in [0.15, 0.2) is 9.84 Å². The first-order valence-electron chi connectivity index (χ1n) is 12.0. The Labute approximate surface area is 206 Å². The molecular weight excluding hydrogens is 444 g/mol. The number of aryl methyl sites for hydroxylation is 1. The molecule has 4 nitrogen and oxygen atoms in total. The number of hydrogen-bond acceptors (Lipinski definition) is 4. The van der Waals surface area contributed by atoms with Crippen LogP contribution in [0.1, 0.15) is 72.8 Å². The number of benzene rings is 1. The molecule has 2 rings (SSSR count). The molecule has 0 saturated carbocycles. The largest absolute Gasteiger partial charge is 0.462 e. The molecule has 0 bridgehead atoms. The molecule has 1 aromatic carbocycles. The van der Waals surface area contributed by atoms with Gasteiger partial charge in [-0.3, -0.25) is 4.79 Å². The van der Waals surface area contributed by atoms with Crippen LogP contribution in [0.15, 0.2) is 75.8 Å². The second-order valence-corrected chi connectivity index (χ2v) is 12.1. The zero-order valence-corrected chi connectivity index (χ0v) is 22.6. The summed E-state index contributed by atoms with van der Waals surface area (Å²) >= 11 is 0. The summed E-state index contributed by atoms with van der Waals surface area (Å²) < 4.78 is 32.8. The molecule has 0 aliphatic heterocycles. The zero-order valence-electron chi connectivity index (χ0n) is 21.8. The molecule has 0 spiro atoms. The van der Waals surface area contributed by atoms with Crippen LogP contribution >= 0.6 is 0 Å². The summed E-state index contributed by atoms with van der Waals surface area (Å²) in [5.41, 5.74) is 5.08. The van der Waals surface area contributed by atoms with Crippen LogP contribution in [0.2, 0.25) is 0 Å². The van der Waals surface area contributed by atoms with Crippen LogP contribution in [0, 0.1) is 12.3 Å². The van der Waals surface area contributed by atoms with Gasteiger partial charge in [0.1, 0.15) is 11.9 Å². The second kappa shape index (κ2) is 11.8. The molecule has 0 amide bonds. The van der Waals surface area contributed by atoms with Crippen molar-refractivity contribution in [1.82, 2.24) is 0 Å². The van der Waals surface area contributed by atoms with Gasteiger partial charge in [0.05, 0.1) is 4.90 Å². The minimum Gasteiger partial charge on any atom is -0.462 e. The van der Waals surface area contributed by atoms with Gasteiger partial charge in [-0.25, -0.2) is 8.42 Å². The third-order valence-electron chi connectivity index (χ3n) is 6.46. The van der Waals surface area contributed by atoms with Gasteiger partial charge < -0.3 is 4.74 Å². The number of carbonyl (C=O) groups is 1. The Bertz CT molecular complexity index is 1100. The zero-order chi connectivity index (χ0) is 25.5. The summed E-state index contributed by atoms with van der Waals surface area (Å²) in [6.07, 6.45) is 11.5. The summed E-state index contributed by atoms with van der Waals surface area (Å²) in [7, 11) is -3.61. The monoisotopic (exact) mass is 484 g/mol. The lowest BCUT2D eigenvalue weighted by Gasteiger charge is -2.38. The maximum Gasteiger partial charge on any atom is 0.302 e. The molecule has 0 heterocycles. The van der Waals surface area contributed by atoms with Crippen molar-refractivity contribution in [3.05, 3.63) is 76.4 Å². The first-order valence-corrected chi connectivity index (χ1v) is 13.5. The summed E-state index contributed by atoms with van der Waals surface area (Å²) in [5.74, 6) is -0.297. The summed E-state index contributed by atoms with van der Waals surface area (Å²) in [6, 6.07) is 7.16. The van der Waals surface area contributed by atoms with Crippen molar-refractivity contribution in [3.63, 3.8) is 0 Å². The molecule has 34 heavy (non-hydrogen) atoms. The van der Waals surface area contributed by atoms with E-state index in [1.807, 2.05) is 57.2 Å². The van der Waals surface area contributed by atoms with Gasteiger partial charge in [-0.05, 0) is 82.6 Å². The average molecular weight is 485 g/mol. The molecule has 186 valence electrons. The minimum absolute atomic E-state index is 0.179. The van der Waals surface area contributed by atoms with Crippen molar-refractivity contribution in [1.29, 1.82) is 0 Å². The number of sulfone groups is 1. The van der Waals surface area contributed by atoms with E-state index in [9.17, 15) is 13.2 Å². The Morgan fingerprint density at radius 2 is 1.76 bits per heavy atom. The molecule has 0 radical (unpaired) electrons. The molecular formula is C29H40O4S. The predicted molar refractivity (Wildman–Crippen MR) is 140 cm³/mol. The third kappa shape index (κ3) is 7.56. The SMILES string of the molecule is CC(=O)OCC=C(C)CC=CC(C)=CC(C1=C(C)CCCC1(C)C)S(=O)(=O)c1ccc(C)cc1. The van der Waals surface area contributed by atoms with E-state index in [0.29, 0.717) is 11.3 Å². The summed E-state index contributed by atoms with van der Waals surface area (Å²) in [4.78, 5) is 11.3. The first-order chi connectivity index (χ1) is 15.8. The van der Waals surface area contributed by atoms with E-state index in [1.54, 1.807) is 12.1 Å². The molecule has 0 N–H and O–H groups in total. The molecule has 1 atom stereocenters. The molecule has 1 unspecified atom stereocenters. The van der Waals surface area contributed by atoms with E-state index >= 15 is 0 Å². The number of ether oxygens (including phenoxy) is 1. The van der Waals surface area contributed by atoms with Crippen LogP contribution < -0.4 is 0 Å². The van der Waals surface area contributed by atoms with Crippen LogP contribution in [0.25, 0.3) is 0 Å². The van der Waals surface area contributed by atoms with E-state index in [0.717, 1.165) is 41.5 Å². The molecule has 0 saturated heterocycles. The quantitative estimate of drug-likeness (QED) is 0.214. The number of rotatable bonds is 9. The standard InChI is InChI=1S/C29H40O4S/c1-21(17-19-33-25(5)30)10-8-11-23(3)20-27(28-24(4)12-9-18-29(28,6)7)34(31,32)26-15-13-22(2)14-16-26/h8,11,13-17,20,27H,9-10,12,18-19H2,1-7H3. The molecule has 1 aromatic rings. The minimum atomic E-state index is -3.61. The van der Waals surface area contributed by atoms with Gasteiger partial charge in [0, 0.05) is 6.92 Å². The number of hydrogen-bond donors (Lipinski definition) is 0. The van der Waals surface area contributed by atoms with Crippen molar-refractivity contribution in [2.45, 2.75) is 84.3 Å². The van der Waals surface area contributed by atoms with E-state index in [4.69, 9.17) is 4.74 Å².